The highest BCUT2D eigenvalue weighted by Crippen LogP contribution is 2.21. The lowest BCUT2D eigenvalue weighted by Gasteiger charge is -2.33. The van der Waals surface area contributed by atoms with E-state index in [-0.39, 0.29) is 0 Å². The van der Waals surface area contributed by atoms with Gasteiger partial charge >= 0.3 is 0 Å². The molecule has 2 unspecified atom stereocenters. The molecule has 0 saturated carbocycles. The Morgan fingerprint density at radius 3 is 3.11 bits per heavy atom. The Morgan fingerprint density at radius 1 is 1.53 bits per heavy atom. The predicted molar refractivity (Wildman–Crippen MR) is 76.5 cm³/mol. The second-order valence-electron chi connectivity index (χ2n) is 5.18. The van der Waals surface area contributed by atoms with Crippen LogP contribution >= 0.6 is 0 Å². The summed E-state index contributed by atoms with van der Waals surface area (Å²) >= 11 is 0. The van der Waals surface area contributed by atoms with Crippen molar-refractivity contribution in [2.45, 2.75) is 25.0 Å². The molecule has 0 bridgehead atoms. The van der Waals surface area contributed by atoms with Gasteiger partial charge in [0.25, 0.3) is 0 Å². The third-order valence-electron chi connectivity index (χ3n) is 3.82. The summed E-state index contributed by atoms with van der Waals surface area (Å²) in [5.41, 5.74) is 0.922. The molecule has 0 aromatic heterocycles. The Kier molecular flexibility index (Phi) is 5.19. The van der Waals surface area contributed by atoms with Gasteiger partial charge in [-0.3, -0.25) is 4.90 Å². The molecule has 1 aromatic carbocycles. The molecule has 2 N–H and O–H groups in total. The van der Waals surface area contributed by atoms with Gasteiger partial charge in [0.05, 0.1) is 13.2 Å². The van der Waals surface area contributed by atoms with E-state index in [4.69, 9.17) is 4.74 Å². The number of rotatable bonds is 5. The Hall–Kier alpha value is -1.10. The van der Waals surface area contributed by atoms with Gasteiger partial charge in [-0.05, 0) is 44.1 Å². The fourth-order valence-corrected chi connectivity index (χ4v) is 2.66. The molecule has 0 radical (unpaired) electrons. The molecule has 4 nitrogen and oxygen atoms in total. The van der Waals surface area contributed by atoms with E-state index in [1.807, 2.05) is 31.3 Å². The maximum Gasteiger partial charge on any atom is 0.119 e. The second kappa shape index (κ2) is 6.89. The lowest BCUT2D eigenvalue weighted by atomic mass is 10.0. The largest absolute Gasteiger partial charge is 0.497 e. The first-order chi connectivity index (χ1) is 9.22. The van der Waals surface area contributed by atoms with E-state index in [1.165, 1.54) is 12.8 Å². The van der Waals surface area contributed by atoms with Crippen molar-refractivity contribution in [1.29, 1.82) is 0 Å². The Morgan fingerprint density at radius 2 is 2.37 bits per heavy atom. The van der Waals surface area contributed by atoms with Crippen LogP contribution in [0.25, 0.3) is 0 Å². The van der Waals surface area contributed by atoms with Gasteiger partial charge in [0.15, 0.2) is 0 Å². The van der Waals surface area contributed by atoms with Gasteiger partial charge in [-0.15, -0.1) is 0 Å². The number of likely N-dealkylation sites (tertiary alicyclic amines) is 1. The smallest absolute Gasteiger partial charge is 0.119 e. The van der Waals surface area contributed by atoms with E-state index >= 15 is 0 Å². The fourth-order valence-electron chi connectivity index (χ4n) is 2.66. The molecule has 0 aliphatic carbocycles. The number of likely N-dealkylation sites (N-methyl/N-ethyl adjacent to an activating group) is 1. The van der Waals surface area contributed by atoms with Crippen LogP contribution in [0.4, 0.5) is 0 Å². The van der Waals surface area contributed by atoms with Gasteiger partial charge in [0.2, 0.25) is 0 Å². The standard InChI is InChI=1S/C15H24N2O2/c1-16-13-6-4-8-17(10-13)11-15(18)12-5-3-7-14(9-12)19-2/h3,5,7,9,13,15-16,18H,4,6,8,10-11H2,1-2H3. The van der Waals surface area contributed by atoms with Crippen molar-refractivity contribution < 1.29 is 9.84 Å². The lowest BCUT2D eigenvalue weighted by molar-refractivity contribution is 0.0922. The number of ether oxygens (including phenoxy) is 1. The molecule has 0 amide bonds. The van der Waals surface area contributed by atoms with E-state index in [9.17, 15) is 5.11 Å². The summed E-state index contributed by atoms with van der Waals surface area (Å²) in [5.74, 6) is 0.795. The van der Waals surface area contributed by atoms with Crippen LogP contribution in [0, 0.1) is 0 Å². The Labute approximate surface area is 115 Å². The molecule has 1 saturated heterocycles. The minimum absolute atomic E-state index is 0.453. The molecule has 4 heteroatoms. The third kappa shape index (κ3) is 3.93. The molecule has 2 rings (SSSR count). The maximum atomic E-state index is 10.3. The summed E-state index contributed by atoms with van der Waals surface area (Å²) in [6.45, 7) is 2.77. The minimum Gasteiger partial charge on any atom is -0.497 e. The number of piperidine rings is 1. The van der Waals surface area contributed by atoms with Crippen LogP contribution in [0.2, 0.25) is 0 Å². The van der Waals surface area contributed by atoms with Crippen LogP contribution in [0.1, 0.15) is 24.5 Å². The summed E-state index contributed by atoms with van der Waals surface area (Å²) in [6.07, 6.45) is 1.96. The number of hydrogen-bond donors (Lipinski definition) is 2. The van der Waals surface area contributed by atoms with E-state index in [2.05, 4.69) is 10.2 Å². The van der Waals surface area contributed by atoms with Gasteiger partial charge < -0.3 is 15.2 Å². The van der Waals surface area contributed by atoms with Crippen molar-refractivity contribution in [2.24, 2.45) is 0 Å². The number of methoxy groups -OCH3 is 1. The van der Waals surface area contributed by atoms with Crippen LogP contribution in [-0.2, 0) is 0 Å². The summed E-state index contributed by atoms with van der Waals surface area (Å²) in [6, 6.07) is 8.22. The zero-order valence-electron chi connectivity index (χ0n) is 11.8. The highest BCUT2D eigenvalue weighted by molar-refractivity contribution is 5.29. The van der Waals surface area contributed by atoms with Crippen LogP contribution in [0.3, 0.4) is 0 Å². The summed E-state index contributed by atoms with van der Waals surface area (Å²) in [4.78, 5) is 2.33. The Bertz CT molecular complexity index is 397. The average molecular weight is 264 g/mol. The Balaban J connectivity index is 1.94. The lowest BCUT2D eigenvalue weighted by Crippen LogP contribution is -2.45. The monoisotopic (exact) mass is 264 g/mol. The number of aliphatic hydroxyl groups is 1. The average Bonchev–Trinajstić information content (AvgIpc) is 2.47. The molecule has 0 spiro atoms. The van der Waals surface area contributed by atoms with Crippen LogP contribution in [0.15, 0.2) is 24.3 Å². The first-order valence-electron chi connectivity index (χ1n) is 6.94. The molecule has 1 fully saturated rings. The number of nitrogens with zero attached hydrogens (tertiary/aromatic N) is 1. The van der Waals surface area contributed by atoms with Gasteiger partial charge in [-0.25, -0.2) is 0 Å². The SMILES string of the molecule is CNC1CCCN(CC(O)c2cccc(OC)c2)C1. The van der Waals surface area contributed by atoms with Crippen molar-refractivity contribution in [3.05, 3.63) is 29.8 Å². The molecule has 1 aliphatic heterocycles. The normalized spacial score (nSPS) is 22.2. The number of aliphatic hydroxyl groups excluding tert-OH is 1. The van der Waals surface area contributed by atoms with Crippen LogP contribution < -0.4 is 10.1 Å². The van der Waals surface area contributed by atoms with Crippen molar-refractivity contribution >= 4 is 0 Å². The maximum absolute atomic E-state index is 10.3. The molecule has 1 heterocycles. The highest BCUT2D eigenvalue weighted by Gasteiger charge is 2.21. The molecule has 19 heavy (non-hydrogen) atoms. The fraction of sp³-hybridized carbons (Fsp3) is 0.600. The molecule has 106 valence electrons. The quantitative estimate of drug-likeness (QED) is 0.844. The first kappa shape index (κ1) is 14.3. The van der Waals surface area contributed by atoms with Crippen molar-refractivity contribution in [3.8, 4) is 5.75 Å². The van der Waals surface area contributed by atoms with Crippen LogP contribution in [-0.4, -0.2) is 49.8 Å². The summed E-state index contributed by atoms with van der Waals surface area (Å²) < 4.78 is 5.19. The van der Waals surface area contributed by atoms with Gasteiger partial charge in [-0.2, -0.15) is 0 Å². The second-order valence-corrected chi connectivity index (χ2v) is 5.18. The first-order valence-corrected chi connectivity index (χ1v) is 6.94. The summed E-state index contributed by atoms with van der Waals surface area (Å²) in [5, 5.41) is 13.7. The van der Waals surface area contributed by atoms with Crippen molar-refractivity contribution in [3.63, 3.8) is 0 Å². The number of nitrogens with one attached hydrogen (secondary N) is 1. The van der Waals surface area contributed by atoms with Crippen molar-refractivity contribution in [2.75, 3.05) is 33.8 Å². The van der Waals surface area contributed by atoms with E-state index in [1.54, 1.807) is 7.11 Å². The third-order valence-corrected chi connectivity index (χ3v) is 3.82. The van der Waals surface area contributed by atoms with Crippen molar-refractivity contribution in [1.82, 2.24) is 10.2 Å². The zero-order chi connectivity index (χ0) is 13.7. The van der Waals surface area contributed by atoms with Gasteiger partial charge in [0.1, 0.15) is 5.75 Å². The number of benzene rings is 1. The topological polar surface area (TPSA) is 44.7 Å². The zero-order valence-corrected chi connectivity index (χ0v) is 11.8. The number of β-amino-alcohol motifs (C(OH)–C–C–N with tert-alkyl or cyclic N) is 1. The molecule has 1 aromatic rings. The number of hydrogen-bond acceptors (Lipinski definition) is 4. The van der Waals surface area contributed by atoms with E-state index in [0.29, 0.717) is 12.6 Å². The molecular weight excluding hydrogens is 240 g/mol. The molecular formula is C15H24N2O2. The van der Waals surface area contributed by atoms with Gasteiger partial charge in [-0.1, -0.05) is 12.1 Å². The minimum atomic E-state index is -0.453. The summed E-state index contributed by atoms with van der Waals surface area (Å²) in [7, 11) is 3.65. The van der Waals surface area contributed by atoms with Gasteiger partial charge in [0, 0.05) is 19.1 Å². The highest BCUT2D eigenvalue weighted by atomic mass is 16.5. The van der Waals surface area contributed by atoms with Crippen LogP contribution in [0.5, 0.6) is 5.75 Å². The molecule has 1 aliphatic rings. The predicted octanol–water partition coefficient (Wildman–Crippen LogP) is 1.41. The van der Waals surface area contributed by atoms with E-state index < -0.39 is 6.10 Å². The van der Waals surface area contributed by atoms with E-state index in [0.717, 1.165) is 24.4 Å². The molecule has 2 atom stereocenters.